The van der Waals surface area contributed by atoms with Gasteiger partial charge in [0.15, 0.2) is 0 Å². The maximum absolute atomic E-state index is 12.1. The summed E-state index contributed by atoms with van der Waals surface area (Å²) in [5.41, 5.74) is -0.696. The number of carboxylic acid groups (broad SMARTS) is 1. The van der Waals surface area contributed by atoms with E-state index in [-0.39, 0.29) is 11.9 Å². The van der Waals surface area contributed by atoms with Crippen LogP contribution in [0.4, 0.5) is 0 Å². The summed E-state index contributed by atoms with van der Waals surface area (Å²) in [6.07, 6.45) is 5.76. The van der Waals surface area contributed by atoms with Gasteiger partial charge in [0.25, 0.3) is 5.91 Å². The van der Waals surface area contributed by atoms with Crippen molar-refractivity contribution in [3.05, 3.63) is 18.0 Å². The molecule has 0 atom stereocenters. The van der Waals surface area contributed by atoms with E-state index in [1.54, 1.807) is 10.9 Å². The van der Waals surface area contributed by atoms with Crippen molar-refractivity contribution in [2.45, 2.75) is 51.1 Å². The van der Waals surface area contributed by atoms with Gasteiger partial charge in [-0.05, 0) is 26.7 Å². The first kappa shape index (κ1) is 13.6. The Morgan fingerprint density at radius 3 is 2.53 bits per heavy atom. The van der Waals surface area contributed by atoms with Gasteiger partial charge in [0, 0.05) is 12.2 Å². The summed E-state index contributed by atoms with van der Waals surface area (Å²) >= 11 is 0. The van der Waals surface area contributed by atoms with Crippen LogP contribution >= 0.6 is 0 Å². The van der Waals surface area contributed by atoms with Crippen LogP contribution in [0.3, 0.4) is 0 Å². The molecule has 0 bridgehead atoms. The van der Waals surface area contributed by atoms with Gasteiger partial charge in [-0.2, -0.15) is 5.10 Å². The zero-order valence-electron chi connectivity index (χ0n) is 11.2. The van der Waals surface area contributed by atoms with E-state index < -0.39 is 11.5 Å². The molecule has 6 heteroatoms. The molecule has 0 spiro atoms. The number of nitrogens with one attached hydrogen (secondary N) is 1. The summed E-state index contributed by atoms with van der Waals surface area (Å²) in [6, 6.07) is 0.168. The minimum Gasteiger partial charge on any atom is -0.480 e. The van der Waals surface area contributed by atoms with Crippen molar-refractivity contribution in [3.63, 3.8) is 0 Å². The number of nitrogens with zero attached hydrogens (tertiary/aromatic N) is 2. The van der Waals surface area contributed by atoms with E-state index in [2.05, 4.69) is 10.4 Å². The van der Waals surface area contributed by atoms with Gasteiger partial charge < -0.3 is 10.4 Å². The zero-order chi connectivity index (χ0) is 14.0. The van der Waals surface area contributed by atoms with Gasteiger partial charge in [-0.1, -0.05) is 12.8 Å². The zero-order valence-corrected chi connectivity index (χ0v) is 11.2. The number of carbonyl (C=O) groups excluding carboxylic acids is 1. The van der Waals surface area contributed by atoms with Gasteiger partial charge >= 0.3 is 5.97 Å². The van der Waals surface area contributed by atoms with Crippen molar-refractivity contribution in [2.24, 2.45) is 0 Å². The lowest BCUT2D eigenvalue weighted by atomic mass is 9.97. The lowest BCUT2D eigenvalue weighted by Crippen LogP contribution is -2.52. The fraction of sp³-hybridized carbons (Fsp3) is 0.615. The van der Waals surface area contributed by atoms with Crippen LogP contribution in [0.1, 0.15) is 55.9 Å². The van der Waals surface area contributed by atoms with Gasteiger partial charge in [-0.3, -0.25) is 9.48 Å². The number of carboxylic acids is 1. The van der Waals surface area contributed by atoms with Crippen molar-refractivity contribution >= 4 is 11.9 Å². The first-order valence-corrected chi connectivity index (χ1v) is 6.55. The van der Waals surface area contributed by atoms with E-state index >= 15 is 0 Å². The number of hydrogen-bond donors (Lipinski definition) is 2. The Morgan fingerprint density at radius 1 is 1.42 bits per heavy atom. The number of carbonyl (C=O) groups is 2. The molecule has 1 saturated carbocycles. The lowest BCUT2D eigenvalue weighted by Gasteiger charge is -2.24. The topological polar surface area (TPSA) is 84.2 Å². The Bertz CT molecular complexity index is 487. The van der Waals surface area contributed by atoms with E-state index in [9.17, 15) is 14.7 Å². The van der Waals surface area contributed by atoms with E-state index in [1.165, 1.54) is 6.20 Å². The monoisotopic (exact) mass is 265 g/mol. The molecule has 1 heterocycles. The minimum atomic E-state index is -1.10. The van der Waals surface area contributed by atoms with Crippen LogP contribution in [0.25, 0.3) is 0 Å². The lowest BCUT2D eigenvalue weighted by molar-refractivity contribution is -0.144. The molecule has 6 nitrogen and oxygen atoms in total. The Balaban J connectivity index is 2.13. The largest absolute Gasteiger partial charge is 0.480 e. The highest BCUT2D eigenvalue weighted by atomic mass is 16.4. The third kappa shape index (κ3) is 2.62. The predicted molar refractivity (Wildman–Crippen MR) is 68.9 cm³/mol. The van der Waals surface area contributed by atoms with Gasteiger partial charge in [0.05, 0.1) is 11.8 Å². The van der Waals surface area contributed by atoms with Gasteiger partial charge in [0.2, 0.25) is 0 Å². The Morgan fingerprint density at radius 2 is 2.05 bits per heavy atom. The molecule has 19 heavy (non-hydrogen) atoms. The van der Waals surface area contributed by atoms with Crippen LogP contribution in [0, 0.1) is 0 Å². The fourth-order valence-corrected chi connectivity index (χ4v) is 2.40. The standard InChI is InChI=1S/C13H19N3O3/c1-9(2)16-8-10(7-14-16)11(17)15-13(12(18)19)5-3-4-6-13/h7-9H,3-6H2,1-2H3,(H,15,17)(H,18,19). The molecule has 1 aliphatic carbocycles. The third-order valence-electron chi connectivity index (χ3n) is 3.61. The van der Waals surface area contributed by atoms with Crippen LogP contribution < -0.4 is 5.32 Å². The number of hydrogen-bond acceptors (Lipinski definition) is 3. The van der Waals surface area contributed by atoms with Crippen LogP contribution in [0.2, 0.25) is 0 Å². The maximum atomic E-state index is 12.1. The molecular weight excluding hydrogens is 246 g/mol. The average molecular weight is 265 g/mol. The number of amides is 1. The second kappa shape index (κ2) is 5.03. The Labute approximate surface area is 111 Å². The second-order valence-corrected chi connectivity index (χ2v) is 5.35. The molecule has 104 valence electrons. The minimum absolute atomic E-state index is 0.168. The van der Waals surface area contributed by atoms with E-state index in [0.29, 0.717) is 18.4 Å². The highest BCUT2D eigenvalue weighted by molar-refractivity contribution is 5.97. The highest BCUT2D eigenvalue weighted by Crippen LogP contribution is 2.30. The number of rotatable bonds is 4. The number of aliphatic carboxylic acids is 1. The predicted octanol–water partition coefficient (Wildman–Crippen LogP) is 1.59. The SMILES string of the molecule is CC(C)n1cc(C(=O)NC2(C(=O)O)CCCC2)cn1. The maximum Gasteiger partial charge on any atom is 0.329 e. The molecule has 1 amide bonds. The first-order valence-electron chi connectivity index (χ1n) is 6.55. The normalized spacial score (nSPS) is 17.6. The molecule has 0 unspecified atom stereocenters. The third-order valence-corrected chi connectivity index (χ3v) is 3.61. The van der Waals surface area contributed by atoms with Crippen molar-refractivity contribution in [1.29, 1.82) is 0 Å². The molecule has 0 radical (unpaired) electrons. The van der Waals surface area contributed by atoms with Crippen molar-refractivity contribution in [1.82, 2.24) is 15.1 Å². The summed E-state index contributed by atoms with van der Waals surface area (Å²) in [5, 5.41) is 16.1. The summed E-state index contributed by atoms with van der Waals surface area (Å²) in [6.45, 7) is 3.93. The number of aromatic nitrogens is 2. The van der Waals surface area contributed by atoms with Crippen LogP contribution in [0.5, 0.6) is 0 Å². The molecule has 1 fully saturated rings. The molecule has 1 aromatic heterocycles. The molecule has 2 rings (SSSR count). The summed E-state index contributed by atoms with van der Waals surface area (Å²) in [7, 11) is 0. The molecule has 1 aliphatic rings. The quantitative estimate of drug-likeness (QED) is 0.865. The second-order valence-electron chi connectivity index (χ2n) is 5.35. The Kier molecular flexibility index (Phi) is 3.59. The summed E-state index contributed by atoms with van der Waals surface area (Å²) in [5.74, 6) is -1.31. The molecule has 2 N–H and O–H groups in total. The molecule has 0 saturated heterocycles. The highest BCUT2D eigenvalue weighted by Gasteiger charge is 2.42. The van der Waals surface area contributed by atoms with Crippen molar-refractivity contribution < 1.29 is 14.7 Å². The van der Waals surface area contributed by atoms with Crippen LogP contribution in [0.15, 0.2) is 12.4 Å². The smallest absolute Gasteiger partial charge is 0.329 e. The molecule has 1 aromatic rings. The summed E-state index contributed by atoms with van der Waals surface area (Å²) < 4.78 is 1.68. The van der Waals surface area contributed by atoms with Crippen molar-refractivity contribution in [2.75, 3.05) is 0 Å². The van der Waals surface area contributed by atoms with E-state index in [1.807, 2.05) is 13.8 Å². The van der Waals surface area contributed by atoms with E-state index in [4.69, 9.17) is 0 Å². The van der Waals surface area contributed by atoms with Crippen LogP contribution in [-0.4, -0.2) is 32.3 Å². The van der Waals surface area contributed by atoms with Gasteiger partial charge in [-0.15, -0.1) is 0 Å². The average Bonchev–Trinajstić information content (AvgIpc) is 2.97. The first-order chi connectivity index (χ1) is 8.94. The van der Waals surface area contributed by atoms with Crippen molar-refractivity contribution in [3.8, 4) is 0 Å². The fourth-order valence-electron chi connectivity index (χ4n) is 2.40. The summed E-state index contributed by atoms with van der Waals surface area (Å²) in [4.78, 5) is 23.5. The van der Waals surface area contributed by atoms with Crippen LogP contribution in [-0.2, 0) is 4.79 Å². The molecule has 0 aliphatic heterocycles. The van der Waals surface area contributed by atoms with Gasteiger partial charge in [0.1, 0.15) is 5.54 Å². The molecule has 0 aromatic carbocycles. The molecular formula is C13H19N3O3. The van der Waals surface area contributed by atoms with Gasteiger partial charge in [-0.25, -0.2) is 4.79 Å². The van der Waals surface area contributed by atoms with E-state index in [0.717, 1.165) is 12.8 Å². The Hall–Kier alpha value is -1.85.